The number of carbonyl (C=O) groups excluding carboxylic acids is 1. The van der Waals surface area contributed by atoms with Crippen LogP contribution in [0.2, 0.25) is 0 Å². The topological polar surface area (TPSA) is 104 Å². The maximum absolute atomic E-state index is 11.3. The van der Waals surface area contributed by atoms with Crippen LogP contribution in [0.15, 0.2) is 11.3 Å². The molecule has 0 spiro atoms. The fourth-order valence-electron chi connectivity index (χ4n) is 0.908. The monoisotopic (exact) mass is 226 g/mol. The van der Waals surface area contributed by atoms with E-state index in [2.05, 4.69) is 24.9 Å². The zero-order valence-corrected chi connectivity index (χ0v) is 8.77. The lowest BCUT2D eigenvalue weighted by atomic mass is 10.3. The second kappa shape index (κ2) is 6.74. The minimum atomic E-state index is -0.159. The number of carbonyl (C=O) groups is 1. The number of amides is 1. The molecule has 0 aromatic carbocycles. The number of hydrogen-bond donors (Lipinski definition) is 1. The van der Waals surface area contributed by atoms with Crippen molar-refractivity contribution in [3.8, 4) is 0 Å². The van der Waals surface area contributed by atoms with Gasteiger partial charge in [-0.2, -0.15) is 0 Å². The summed E-state index contributed by atoms with van der Waals surface area (Å²) < 4.78 is 3.59. The molecule has 1 aromatic rings. The Morgan fingerprint density at radius 1 is 1.67 bits per heavy atom. The van der Waals surface area contributed by atoms with Crippen molar-refractivity contribution in [2.75, 3.05) is 13.1 Å². The van der Waals surface area contributed by atoms with Gasteiger partial charge >= 0.3 is 0 Å². The Bertz CT molecular complexity index is 344. The Kier molecular flexibility index (Phi) is 5.13. The Labute approximate surface area is 90.3 Å². The molecular formula is C7H10N6OS. The van der Waals surface area contributed by atoms with Crippen molar-refractivity contribution in [2.45, 2.75) is 12.8 Å². The number of aromatic nitrogens is 2. The van der Waals surface area contributed by atoms with Crippen molar-refractivity contribution < 1.29 is 4.79 Å². The SMILES string of the molecule is [N-]=[N+]=NCCCCNC(=O)c1cnns1. The van der Waals surface area contributed by atoms with Gasteiger partial charge in [-0.05, 0) is 29.9 Å². The molecular weight excluding hydrogens is 216 g/mol. The Balaban J connectivity index is 2.10. The highest BCUT2D eigenvalue weighted by Crippen LogP contribution is 2.00. The van der Waals surface area contributed by atoms with E-state index in [1.54, 1.807) is 0 Å². The lowest BCUT2D eigenvalue weighted by Gasteiger charge is -2.00. The summed E-state index contributed by atoms with van der Waals surface area (Å²) in [7, 11) is 0. The molecule has 0 saturated heterocycles. The molecule has 0 aliphatic heterocycles. The van der Waals surface area contributed by atoms with E-state index in [0.29, 0.717) is 18.0 Å². The van der Waals surface area contributed by atoms with Gasteiger partial charge in [-0.3, -0.25) is 4.79 Å². The molecule has 0 aliphatic carbocycles. The Morgan fingerprint density at radius 2 is 2.53 bits per heavy atom. The number of nitrogens with zero attached hydrogens (tertiary/aromatic N) is 5. The maximum atomic E-state index is 11.3. The lowest BCUT2D eigenvalue weighted by molar-refractivity contribution is 0.0957. The van der Waals surface area contributed by atoms with E-state index >= 15 is 0 Å². The van der Waals surface area contributed by atoms with Gasteiger partial charge in [0.2, 0.25) is 0 Å². The normalized spacial score (nSPS) is 9.33. The van der Waals surface area contributed by atoms with Crippen molar-refractivity contribution in [3.63, 3.8) is 0 Å². The summed E-state index contributed by atoms with van der Waals surface area (Å²) in [5.74, 6) is -0.159. The second-order valence-corrected chi connectivity index (χ2v) is 3.48. The standard InChI is InChI=1S/C7H10N6OS/c8-12-10-4-2-1-3-9-7(14)6-5-11-13-15-6/h5H,1-4H2,(H,9,14). The smallest absolute Gasteiger partial charge is 0.264 e. The van der Waals surface area contributed by atoms with Crippen LogP contribution in [0.4, 0.5) is 0 Å². The second-order valence-electron chi connectivity index (χ2n) is 2.70. The minimum absolute atomic E-state index is 0.159. The van der Waals surface area contributed by atoms with Gasteiger partial charge in [-0.15, -0.1) is 5.10 Å². The molecule has 7 nitrogen and oxygen atoms in total. The zero-order valence-electron chi connectivity index (χ0n) is 7.96. The highest BCUT2D eigenvalue weighted by Gasteiger charge is 2.06. The molecule has 1 aromatic heterocycles. The van der Waals surface area contributed by atoms with Crippen LogP contribution in [-0.4, -0.2) is 28.6 Å². The van der Waals surface area contributed by atoms with Gasteiger partial charge in [-0.25, -0.2) is 0 Å². The van der Waals surface area contributed by atoms with E-state index in [0.717, 1.165) is 24.4 Å². The molecule has 80 valence electrons. The molecule has 0 fully saturated rings. The Morgan fingerprint density at radius 3 is 3.20 bits per heavy atom. The van der Waals surface area contributed by atoms with Gasteiger partial charge in [0.1, 0.15) is 4.88 Å². The van der Waals surface area contributed by atoms with Crippen molar-refractivity contribution in [3.05, 3.63) is 21.5 Å². The van der Waals surface area contributed by atoms with E-state index in [4.69, 9.17) is 5.53 Å². The number of nitrogens with one attached hydrogen (secondary N) is 1. The first-order valence-electron chi connectivity index (χ1n) is 4.41. The van der Waals surface area contributed by atoms with E-state index in [1.165, 1.54) is 6.20 Å². The Hall–Kier alpha value is -1.66. The zero-order chi connectivity index (χ0) is 10.9. The highest BCUT2D eigenvalue weighted by molar-refractivity contribution is 7.07. The van der Waals surface area contributed by atoms with Crippen molar-refractivity contribution in [1.29, 1.82) is 0 Å². The summed E-state index contributed by atoms with van der Waals surface area (Å²) in [6.45, 7) is 1.03. The van der Waals surface area contributed by atoms with Crippen molar-refractivity contribution in [2.24, 2.45) is 5.11 Å². The maximum Gasteiger partial charge on any atom is 0.264 e. The molecule has 1 N–H and O–H groups in total. The fourth-order valence-corrected chi connectivity index (χ4v) is 1.34. The summed E-state index contributed by atoms with van der Waals surface area (Å²) in [6, 6.07) is 0. The lowest BCUT2D eigenvalue weighted by Crippen LogP contribution is -2.23. The molecule has 0 aliphatic rings. The predicted octanol–water partition coefficient (Wildman–Crippen LogP) is 1.36. The first-order valence-corrected chi connectivity index (χ1v) is 5.18. The van der Waals surface area contributed by atoms with E-state index < -0.39 is 0 Å². The summed E-state index contributed by atoms with van der Waals surface area (Å²) in [4.78, 5) is 14.5. The summed E-state index contributed by atoms with van der Waals surface area (Å²) in [5, 5.41) is 9.67. The molecule has 0 unspecified atom stereocenters. The summed E-state index contributed by atoms with van der Waals surface area (Å²) >= 11 is 1.06. The van der Waals surface area contributed by atoms with Crippen LogP contribution >= 0.6 is 11.5 Å². The molecule has 8 heteroatoms. The number of hydrogen-bond acceptors (Lipinski definition) is 5. The molecule has 1 heterocycles. The molecule has 0 radical (unpaired) electrons. The molecule has 0 atom stereocenters. The molecule has 15 heavy (non-hydrogen) atoms. The predicted molar refractivity (Wildman–Crippen MR) is 55.5 cm³/mol. The van der Waals surface area contributed by atoms with Crippen LogP contribution in [0.25, 0.3) is 10.4 Å². The van der Waals surface area contributed by atoms with Gasteiger partial charge in [0.05, 0.1) is 6.20 Å². The van der Waals surface area contributed by atoms with Crippen LogP contribution in [0.1, 0.15) is 22.5 Å². The third-order valence-electron chi connectivity index (χ3n) is 1.62. The third kappa shape index (κ3) is 4.39. The van der Waals surface area contributed by atoms with Crippen LogP contribution in [0, 0.1) is 0 Å². The average molecular weight is 226 g/mol. The van der Waals surface area contributed by atoms with Gasteiger partial charge in [0.25, 0.3) is 5.91 Å². The van der Waals surface area contributed by atoms with E-state index in [9.17, 15) is 4.79 Å². The largest absolute Gasteiger partial charge is 0.351 e. The molecule has 0 saturated carbocycles. The summed E-state index contributed by atoms with van der Waals surface area (Å²) in [5.41, 5.74) is 8.01. The van der Waals surface area contributed by atoms with Crippen LogP contribution in [-0.2, 0) is 0 Å². The minimum Gasteiger partial charge on any atom is -0.351 e. The molecule has 1 amide bonds. The van der Waals surface area contributed by atoms with Crippen LogP contribution in [0.5, 0.6) is 0 Å². The third-order valence-corrected chi connectivity index (χ3v) is 2.28. The fraction of sp³-hybridized carbons (Fsp3) is 0.571. The van der Waals surface area contributed by atoms with Crippen LogP contribution < -0.4 is 5.32 Å². The van der Waals surface area contributed by atoms with Gasteiger partial charge in [-0.1, -0.05) is 9.60 Å². The van der Waals surface area contributed by atoms with E-state index in [1.807, 2.05) is 0 Å². The average Bonchev–Trinajstić information content (AvgIpc) is 2.76. The molecule has 1 rings (SSSR count). The summed E-state index contributed by atoms with van der Waals surface area (Å²) in [6.07, 6.45) is 2.99. The number of azide groups is 1. The first-order chi connectivity index (χ1) is 7.34. The number of unbranched alkanes of at least 4 members (excludes halogenated alkanes) is 1. The van der Waals surface area contributed by atoms with E-state index in [-0.39, 0.29) is 5.91 Å². The molecule has 0 bridgehead atoms. The van der Waals surface area contributed by atoms with Crippen molar-refractivity contribution in [1.82, 2.24) is 14.9 Å². The van der Waals surface area contributed by atoms with Crippen LogP contribution in [0.3, 0.4) is 0 Å². The highest BCUT2D eigenvalue weighted by atomic mass is 32.1. The number of rotatable bonds is 6. The quantitative estimate of drug-likeness (QED) is 0.342. The van der Waals surface area contributed by atoms with Gasteiger partial charge in [0.15, 0.2) is 0 Å². The van der Waals surface area contributed by atoms with Gasteiger partial charge < -0.3 is 5.32 Å². The van der Waals surface area contributed by atoms with Gasteiger partial charge in [0, 0.05) is 18.0 Å². The first kappa shape index (κ1) is 11.4. The van der Waals surface area contributed by atoms with Crippen molar-refractivity contribution >= 4 is 17.4 Å².